The van der Waals surface area contributed by atoms with Gasteiger partial charge in [0, 0.05) is 19.5 Å². The van der Waals surface area contributed by atoms with Crippen molar-refractivity contribution >= 4 is 52.8 Å². The number of amides is 2. The van der Waals surface area contributed by atoms with E-state index in [1.165, 1.54) is 9.80 Å². The number of allylic oxidation sites excluding steroid dienone is 1. The van der Waals surface area contributed by atoms with Gasteiger partial charge in [-0.05, 0) is 37.3 Å². The molecule has 0 aliphatic carbocycles. The number of aldehydes is 1. The number of thiocarbonyl (C=S) groups is 2. The van der Waals surface area contributed by atoms with Crippen LogP contribution in [0.2, 0.25) is 0 Å². The lowest BCUT2D eigenvalue weighted by Crippen LogP contribution is -2.30. The number of hydrogen-bond acceptors (Lipinski definition) is 5. The highest BCUT2D eigenvalue weighted by molar-refractivity contribution is 7.80. The van der Waals surface area contributed by atoms with Gasteiger partial charge in [-0.15, -0.1) is 13.2 Å². The van der Waals surface area contributed by atoms with Crippen molar-refractivity contribution in [3.05, 3.63) is 37.1 Å². The summed E-state index contributed by atoms with van der Waals surface area (Å²) in [6, 6.07) is 0. The Balaban J connectivity index is 0. The van der Waals surface area contributed by atoms with Gasteiger partial charge in [0.2, 0.25) is 5.91 Å². The molecule has 2 rings (SSSR count). The topological polar surface area (TPSA) is 81.8 Å². The monoisotopic (exact) mass is 454 g/mol. The predicted molar refractivity (Wildman–Crippen MR) is 131 cm³/mol. The summed E-state index contributed by atoms with van der Waals surface area (Å²) in [7, 11) is 0. The summed E-state index contributed by atoms with van der Waals surface area (Å²) in [5, 5.41) is 6.63. The number of nitrogens with one attached hydrogen (secondary N) is 2. The third-order valence-electron chi connectivity index (χ3n) is 3.57. The van der Waals surface area contributed by atoms with E-state index in [0.717, 1.165) is 25.5 Å². The van der Waals surface area contributed by atoms with Crippen molar-refractivity contribution in [2.75, 3.05) is 19.6 Å². The van der Waals surface area contributed by atoms with E-state index in [9.17, 15) is 14.4 Å². The maximum atomic E-state index is 11.7. The van der Waals surface area contributed by atoms with Crippen molar-refractivity contribution in [2.45, 2.75) is 47.0 Å². The van der Waals surface area contributed by atoms with Gasteiger partial charge in [-0.1, -0.05) is 45.9 Å². The smallest absolute Gasteiger partial charge is 0.276 e. The second-order valence-electron chi connectivity index (χ2n) is 5.95. The van der Waals surface area contributed by atoms with Gasteiger partial charge in [-0.3, -0.25) is 19.4 Å². The zero-order valence-corrected chi connectivity index (χ0v) is 18.7. The van der Waals surface area contributed by atoms with Crippen LogP contribution in [0.15, 0.2) is 37.1 Å². The van der Waals surface area contributed by atoms with Gasteiger partial charge in [-0.2, -0.15) is 0 Å². The van der Waals surface area contributed by atoms with Gasteiger partial charge in [0.1, 0.15) is 12.0 Å². The molecule has 0 saturated carbocycles. The van der Waals surface area contributed by atoms with Gasteiger partial charge in [0.25, 0.3) is 5.91 Å². The van der Waals surface area contributed by atoms with E-state index in [1.807, 2.05) is 13.0 Å². The highest BCUT2D eigenvalue weighted by Gasteiger charge is 2.28. The quantitative estimate of drug-likeness (QED) is 0.252. The molecule has 2 saturated heterocycles. The van der Waals surface area contributed by atoms with E-state index in [1.54, 1.807) is 12.2 Å². The zero-order chi connectivity index (χ0) is 22.2. The molecule has 0 spiro atoms. The number of unbranched alkanes of at least 4 members (excludes halogenated alkanes) is 2. The van der Waals surface area contributed by atoms with E-state index >= 15 is 0 Å². The second kappa shape index (κ2) is 17.5. The second-order valence-corrected chi connectivity index (χ2v) is 6.72. The van der Waals surface area contributed by atoms with Crippen LogP contribution in [0, 0.1) is 0 Å². The first-order valence-corrected chi connectivity index (χ1v) is 10.3. The van der Waals surface area contributed by atoms with E-state index < -0.39 is 0 Å². The number of carbonyl (C=O) groups is 3. The summed E-state index contributed by atoms with van der Waals surface area (Å²) in [6.45, 7) is 12.4. The van der Waals surface area contributed by atoms with Crippen molar-refractivity contribution in [3.8, 4) is 0 Å². The van der Waals surface area contributed by atoms with Crippen LogP contribution >= 0.6 is 24.4 Å². The lowest BCUT2D eigenvalue weighted by atomic mass is 10.3. The molecule has 0 aromatic heterocycles. The first-order valence-electron chi connectivity index (χ1n) is 9.44. The number of carbonyl (C=O) groups excluding carboxylic acids is 3. The van der Waals surface area contributed by atoms with Crippen LogP contribution in [0.5, 0.6) is 0 Å². The Kier molecular flexibility index (Phi) is 17.4. The molecule has 0 aromatic rings. The minimum absolute atomic E-state index is 0. The Hall–Kier alpha value is -2.39. The van der Waals surface area contributed by atoms with Crippen LogP contribution in [0.1, 0.15) is 47.0 Å². The van der Waals surface area contributed by atoms with Crippen LogP contribution in [-0.2, 0) is 14.4 Å². The average molecular weight is 455 g/mol. The van der Waals surface area contributed by atoms with Crippen molar-refractivity contribution in [1.82, 2.24) is 20.4 Å². The molecule has 30 heavy (non-hydrogen) atoms. The van der Waals surface area contributed by atoms with Crippen molar-refractivity contribution < 1.29 is 14.4 Å². The summed E-state index contributed by atoms with van der Waals surface area (Å²) >= 11 is 9.85. The largest absolute Gasteiger partial charge is 0.353 e. The molecule has 9 heteroatoms. The van der Waals surface area contributed by atoms with E-state index in [-0.39, 0.29) is 19.2 Å². The molecule has 0 radical (unpaired) electrons. The SMILES string of the molecule is C.C=CCN1C(=O)/C(=C/CCC)NC1=S.C=CCN1C(=O)CNC1=S.CCCC=O. The maximum absolute atomic E-state index is 11.7. The van der Waals surface area contributed by atoms with Crippen LogP contribution < -0.4 is 10.6 Å². The molecule has 7 nitrogen and oxygen atoms in total. The summed E-state index contributed by atoms with van der Waals surface area (Å²) < 4.78 is 0. The summed E-state index contributed by atoms with van der Waals surface area (Å²) in [5.74, 6) is -0.0340. The van der Waals surface area contributed by atoms with Crippen molar-refractivity contribution in [1.29, 1.82) is 0 Å². The minimum Gasteiger partial charge on any atom is -0.353 e. The number of rotatable bonds is 8. The maximum Gasteiger partial charge on any atom is 0.276 e. The molecule has 0 atom stereocenters. The van der Waals surface area contributed by atoms with Gasteiger partial charge in [-0.25, -0.2) is 0 Å². The average Bonchev–Trinajstić information content (AvgIpc) is 3.16. The molecule has 2 aliphatic rings. The molecule has 0 unspecified atom stereocenters. The molecule has 2 heterocycles. The molecule has 2 fully saturated rings. The lowest BCUT2D eigenvalue weighted by Gasteiger charge is -2.10. The van der Waals surface area contributed by atoms with Crippen LogP contribution in [0.25, 0.3) is 0 Å². The fourth-order valence-corrected chi connectivity index (χ4v) is 2.60. The fourth-order valence-electron chi connectivity index (χ4n) is 2.08. The first-order chi connectivity index (χ1) is 13.9. The predicted octanol–water partition coefficient (Wildman–Crippen LogP) is 3.08. The molecule has 2 amide bonds. The molecule has 168 valence electrons. The Bertz CT molecular complexity index is 647. The normalized spacial score (nSPS) is 15.9. The zero-order valence-electron chi connectivity index (χ0n) is 17.1. The highest BCUT2D eigenvalue weighted by atomic mass is 32.1. The molecule has 2 aliphatic heterocycles. The third kappa shape index (κ3) is 10.4. The molecular formula is C21H34N4O3S2. The van der Waals surface area contributed by atoms with Crippen LogP contribution in [-0.4, -0.2) is 57.8 Å². The van der Waals surface area contributed by atoms with Gasteiger partial charge in [0.05, 0.1) is 6.54 Å². The Morgan fingerprint density at radius 2 is 1.57 bits per heavy atom. The van der Waals surface area contributed by atoms with Gasteiger partial charge in [0.15, 0.2) is 10.2 Å². The standard InChI is InChI=1S/C10H14N2OS.C6H8N2OS.C4H8O.CH4/c1-3-5-6-8-9(13)12(7-4-2)10(14)11-8;1-2-3-8-5(9)4-7-6(8)10;1-2-3-4-5;/h4,6H,2-3,5,7H2,1H3,(H,11,14);2H,1,3-4H2,(H,7,10);4H,2-3H2,1H3;1H4/b8-6-;;;. The van der Waals surface area contributed by atoms with Crippen LogP contribution in [0.4, 0.5) is 0 Å². The number of hydrogen-bond donors (Lipinski definition) is 2. The fraction of sp³-hybridized carbons (Fsp3) is 0.476. The van der Waals surface area contributed by atoms with Crippen molar-refractivity contribution in [3.63, 3.8) is 0 Å². The molecule has 2 N–H and O–H groups in total. The highest BCUT2D eigenvalue weighted by Crippen LogP contribution is 2.10. The Morgan fingerprint density at radius 3 is 1.97 bits per heavy atom. The summed E-state index contributed by atoms with van der Waals surface area (Å²) in [5.41, 5.74) is 0.596. The van der Waals surface area contributed by atoms with E-state index in [0.29, 0.717) is 42.0 Å². The Labute approximate surface area is 191 Å². The third-order valence-corrected chi connectivity index (χ3v) is 4.25. The minimum atomic E-state index is -0.0525. The Morgan fingerprint density at radius 1 is 1.00 bits per heavy atom. The first kappa shape index (κ1) is 29.8. The van der Waals surface area contributed by atoms with Crippen molar-refractivity contribution in [2.24, 2.45) is 0 Å². The summed E-state index contributed by atoms with van der Waals surface area (Å²) in [4.78, 5) is 35.0. The lowest BCUT2D eigenvalue weighted by molar-refractivity contribution is -0.124. The van der Waals surface area contributed by atoms with Gasteiger partial charge >= 0.3 is 0 Å². The van der Waals surface area contributed by atoms with E-state index in [4.69, 9.17) is 24.4 Å². The molecule has 0 bridgehead atoms. The number of nitrogens with zero attached hydrogens (tertiary/aromatic N) is 2. The van der Waals surface area contributed by atoms with Crippen LogP contribution in [0.3, 0.4) is 0 Å². The molecule has 0 aromatic carbocycles. The van der Waals surface area contributed by atoms with E-state index in [2.05, 4.69) is 30.7 Å². The summed E-state index contributed by atoms with van der Waals surface area (Å²) in [6.07, 6.45) is 9.72. The van der Waals surface area contributed by atoms with Gasteiger partial charge < -0.3 is 15.4 Å². The molecular weight excluding hydrogens is 420 g/mol.